The average molecular weight is 469 g/mol. The number of methoxy groups -OCH3 is 2. The molecular formula is C26H32N2O6. The first-order valence-electron chi connectivity index (χ1n) is 11.2. The molecule has 1 heterocycles. The van der Waals surface area contributed by atoms with Crippen LogP contribution in [-0.4, -0.2) is 74.6 Å². The van der Waals surface area contributed by atoms with Crippen molar-refractivity contribution in [3.8, 4) is 17.2 Å². The molecule has 1 aliphatic rings. The summed E-state index contributed by atoms with van der Waals surface area (Å²) >= 11 is 0. The SMILES string of the molecule is CCOc1cccc(C2/C(=C(\O)c3ccc(OC)c(OC)c3)C(=O)C(=O)N2CCCN(C)C)c1. The minimum absolute atomic E-state index is 0.0377. The molecule has 8 heteroatoms. The number of amides is 1. The van der Waals surface area contributed by atoms with Crippen molar-refractivity contribution >= 4 is 17.4 Å². The Morgan fingerprint density at radius 2 is 1.79 bits per heavy atom. The topological polar surface area (TPSA) is 88.5 Å². The fraction of sp³-hybridized carbons (Fsp3) is 0.385. The predicted molar refractivity (Wildman–Crippen MR) is 129 cm³/mol. The van der Waals surface area contributed by atoms with E-state index in [0.717, 1.165) is 6.54 Å². The zero-order valence-corrected chi connectivity index (χ0v) is 20.3. The largest absolute Gasteiger partial charge is 0.507 e. The Morgan fingerprint density at radius 1 is 1.06 bits per heavy atom. The minimum atomic E-state index is -0.740. The zero-order valence-electron chi connectivity index (χ0n) is 20.3. The lowest BCUT2D eigenvalue weighted by Gasteiger charge is -2.26. The van der Waals surface area contributed by atoms with Crippen molar-refractivity contribution in [3.05, 3.63) is 59.2 Å². The first-order chi connectivity index (χ1) is 16.3. The number of aliphatic hydroxyl groups excluding tert-OH is 1. The van der Waals surface area contributed by atoms with E-state index in [1.54, 1.807) is 24.3 Å². The molecule has 0 saturated carbocycles. The number of rotatable bonds is 10. The fourth-order valence-electron chi connectivity index (χ4n) is 4.09. The van der Waals surface area contributed by atoms with E-state index in [4.69, 9.17) is 14.2 Å². The van der Waals surface area contributed by atoms with Crippen molar-refractivity contribution in [1.29, 1.82) is 0 Å². The van der Waals surface area contributed by atoms with E-state index in [1.165, 1.54) is 19.1 Å². The van der Waals surface area contributed by atoms with Gasteiger partial charge in [0, 0.05) is 12.1 Å². The second kappa shape index (κ2) is 11.1. The van der Waals surface area contributed by atoms with E-state index in [-0.39, 0.29) is 11.3 Å². The Balaban J connectivity index is 2.13. The molecule has 3 rings (SSSR count). The molecule has 1 fully saturated rings. The standard InChI is InChI=1S/C26H32N2O6/c1-6-34-19-10-7-9-17(15-19)23-22(25(30)26(31)28(23)14-8-13-27(2)3)24(29)18-11-12-20(32-4)21(16-18)33-5/h7,9-12,15-16,23,29H,6,8,13-14H2,1-5H3/b24-22+. The first kappa shape index (κ1) is 25.1. The smallest absolute Gasteiger partial charge is 0.295 e. The second-order valence-corrected chi connectivity index (χ2v) is 8.22. The number of aliphatic hydroxyl groups is 1. The van der Waals surface area contributed by atoms with Gasteiger partial charge in [-0.15, -0.1) is 0 Å². The van der Waals surface area contributed by atoms with Gasteiger partial charge in [-0.3, -0.25) is 9.59 Å². The van der Waals surface area contributed by atoms with Crippen LogP contribution < -0.4 is 14.2 Å². The van der Waals surface area contributed by atoms with E-state index >= 15 is 0 Å². The van der Waals surface area contributed by atoms with E-state index in [0.29, 0.717) is 47.9 Å². The van der Waals surface area contributed by atoms with Crippen LogP contribution in [0.1, 0.15) is 30.5 Å². The molecule has 0 aliphatic carbocycles. The summed E-state index contributed by atoms with van der Waals surface area (Å²) in [6.45, 7) is 3.49. The quantitative estimate of drug-likeness (QED) is 0.324. The van der Waals surface area contributed by atoms with Crippen molar-refractivity contribution in [2.45, 2.75) is 19.4 Å². The molecule has 1 aliphatic heterocycles. The highest BCUT2D eigenvalue weighted by Crippen LogP contribution is 2.41. The van der Waals surface area contributed by atoms with Gasteiger partial charge in [0.15, 0.2) is 11.5 Å². The van der Waals surface area contributed by atoms with Crippen LogP contribution in [0, 0.1) is 0 Å². The summed E-state index contributed by atoms with van der Waals surface area (Å²) in [6.07, 6.45) is 0.679. The lowest BCUT2D eigenvalue weighted by molar-refractivity contribution is -0.139. The van der Waals surface area contributed by atoms with Gasteiger partial charge in [0.1, 0.15) is 11.5 Å². The third-order valence-corrected chi connectivity index (χ3v) is 5.69. The van der Waals surface area contributed by atoms with Crippen molar-refractivity contribution in [2.24, 2.45) is 0 Å². The Bertz CT molecular complexity index is 1080. The first-order valence-corrected chi connectivity index (χ1v) is 11.2. The number of likely N-dealkylation sites (tertiary alicyclic amines) is 1. The zero-order chi connectivity index (χ0) is 24.8. The lowest BCUT2D eigenvalue weighted by atomic mass is 9.95. The van der Waals surface area contributed by atoms with Gasteiger partial charge in [0.2, 0.25) is 0 Å². The normalized spacial score (nSPS) is 17.4. The van der Waals surface area contributed by atoms with E-state index < -0.39 is 17.7 Å². The van der Waals surface area contributed by atoms with Gasteiger partial charge in [-0.1, -0.05) is 12.1 Å². The maximum Gasteiger partial charge on any atom is 0.295 e. The number of benzene rings is 2. The molecule has 1 N–H and O–H groups in total. The molecule has 2 aromatic carbocycles. The highest BCUT2D eigenvalue weighted by atomic mass is 16.5. The van der Waals surface area contributed by atoms with Crippen LogP contribution >= 0.6 is 0 Å². The number of hydrogen-bond donors (Lipinski definition) is 1. The molecule has 1 unspecified atom stereocenters. The summed E-state index contributed by atoms with van der Waals surface area (Å²) in [7, 11) is 6.91. The van der Waals surface area contributed by atoms with Gasteiger partial charge in [0.25, 0.3) is 11.7 Å². The second-order valence-electron chi connectivity index (χ2n) is 8.22. The van der Waals surface area contributed by atoms with Crippen LogP contribution in [0.2, 0.25) is 0 Å². The Morgan fingerprint density at radius 3 is 2.44 bits per heavy atom. The maximum absolute atomic E-state index is 13.2. The predicted octanol–water partition coefficient (Wildman–Crippen LogP) is 3.48. The number of nitrogens with zero attached hydrogens (tertiary/aromatic N) is 2. The van der Waals surface area contributed by atoms with Gasteiger partial charge in [-0.25, -0.2) is 0 Å². The summed E-state index contributed by atoms with van der Waals surface area (Å²) < 4.78 is 16.3. The molecule has 1 saturated heterocycles. The molecule has 0 spiro atoms. The van der Waals surface area contributed by atoms with Gasteiger partial charge in [-0.2, -0.15) is 0 Å². The van der Waals surface area contributed by atoms with Crippen LogP contribution in [-0.2, 0) is 9.59 Å². The molecular weight excluding hydrogens is 436 g/mol. The molecule has 0 radical (unpaired) electrons. The molecule has 182 valence electrons. The van der Waals surface area contributed by atoms with Gasteiger partial charge < -0.3 is 29.1 Å². The molecule has 8 nitrogen and oxygen atoms in total. The lowest BCUT2D eigenvalue weighted by Crippen LogP contribution is -2.32. The summed E-state index contributed by atoms with van der Waals surface area (Å²) in [6, 6.07) is 11.4. The number of carbonyl (C=O) groups is 2. The minimum Gasteiger partial charge on any atom is -0.507 e. The van der Waals surface area contributed by atoms with Gasteiger partial charge in [-0.05, 0) is 69.9 Å². The van der Waals surface area contributed by atoms with E-state index in [2.05, 4.69) is 0 Å². The number of ether oxygens (including phenoxy) is 3. The molecule has 34 heavy (non-hydrogen) atoms. The summed E-state index contributed by atoms with van der Waals surface area (Å²) in [5, 5.41) is 11.3. The van der Waals surface area contributed by atoms with E-state index in [1.807, 2.05) is 44.1 Å². The number of hydrogen-bond acceptors (Lipinski definition) is 7. The van der Waals surface area contributed by atoms with Crippen molar-refractivity contribution in [3.63, 3.8) is 0 Å². The third kappa shape index (κ3) is 5.17. The highest BCUT2D eigenvalue weighted by Gasteiger charge is 2.46. The third-order valence-electron chi connectivity index (χ3n) is 5.69. The van der Waals surface area contributed by atoms with Crippen LogP contribution in [0.25, 0.3) is 5.76 Å². The van der Waals surface area contributed by atoms with Crippen LogP contribution in [0.5, 0.6) is 17.2 Å². The summed E-state index contributed by atoms with van der Waals surface area (Å²) in [5.74, 6) is -0.0893. The number of Topliss-reactive ketones (excluding diaryl/α,β-unsaturated/α-hetero) is 1. The van der Waals surface area contributed by atoms with Crippen molar-refractivity contribution in [1.82, 2.24) is 9.80 Å². The Hall–Kier alpha value is -3.52. The number of ketones is 1. The highest BCUT2D eigenvalue weighted by molar-refractivity contribution is 6.46. The Labute approximate surface area is 200 Å². The molecule has 0 bridgehead atoms. The van der Waals surface area contributed by atoms with Crippen LogP contribution in [0.3, 0.4) is 0 Å². The maximum atomic E-state index is 13.2. The molecule has 1 atom stereocenters. The van der Waals surface area contributed by atoms with Gasteiger partial charge >= 0.3 is 0 Å². The van der Waals surface area contributed by atoms with E-state index in [9.17, 15) is 14.7 Å². The Kier molecular flexibility index (Phi) is 8.17. The summed E-state index contributed by atoms with van der Waals surface area (Å²) in [5.41, 5.74) is 1.09. The van der Waals surface area contributed by atoms with Crippen LogP contribution in [0.15, 0.2) is 48.0 Å². The fourth-order valence-corrected chi connectivity index (χ4v) is 4.09. The monoisotopic (exact) mass is 468 g/mol. The summed E-state index contributed by atoms with van der Waals surface area (Å²) in [4.78, 5) is 29.8. The number of carbonyl (C=O) groups excluding carboxylic acids is 2. The van der Waals surface area contributed by atoms with Crippen molar-refractivity contribution in [2.75, 3.05) is 48.0 Å². The molecule has 2 aromatic rings. The molecule has 0 aromatic heterocycles. The van der Waals surface area contributed by atoms with Gasteiger partial charge in [0.05, 0.1) is 32.4 Å². The van der Waals surface area contributed by atoms with Crippen LogP contribution in [0.4, 0.5) is 0 Å². The van der Waals surface area contributed by atoms with Crippen molar-refractivity contribution < 1.29 is 28.9 Å². The molecule has 1 amide bonds. The average Bonchev–Trinajstić information content (AvgIpc) is 3.08.